The van der Waals surface area contributed by atoms with Gasteiger partial charge in [0.25, 0.3) is 0 Å². The van der Waals surface area contributed by atoms with Crippen molar-refractivity contribution in [1.82, 2.24) is 89.0 Å². The van der Waals surface area contributed by atoms with Gasteiger partial charge in [0.15, 0.2) is 0 Å². The summed E-state index contributed by atoms with van der Waals surface area (Å²) in [6.45, 7) is -29.5. The van der Waals surface area contributed by atoms with Crippen LogP contribution in [-0.2, 0) is 57.5 Å². The minimum atomic E-state index is -2.66. The highest BCUT2D eigenvalue weighted by Crippen LogP contribution is 2.36. The van der Waals surface area contributed by atoms with E-state index in [1.807, 2.05) is 6.07 Å². The molecule has 0 radical (unpaired) electrons. The number of rotatable bonds is 27. The van der Waals surface area contributed by atoms with E-state index < -0.39 is 158 Å². The molecule has 0 saturated carbocycles. The van der Waals surface area contributed by atoms with Crippen LogP contribution in [0.3, 0.4) is 0 Å². The van der Waals surface area contributed by atoms with E-state index in [9.17, 15) is 46.0 Å². The standard InChI is InChI=1S/9C12H16N2O.CH4/c9*1-14(2)7-6-9-8-13-10-4-3-5-11(15)12(9)10;/h9*3-5,8,13,15H,6-7H2,1-2H3;1H4/i2*1D3,6D2,7D;2*1D3,6D,7D2;2*1D3,6D,7D;6D2,7D;6D,7D2;6D,7D;. The Labute approximate surface area is 859 Å². The Kier molecular flexibility index (Phi) is 23.3. The van der Waals surface area contributed by atoms with Crippen LogP contribution in [0.15, 0.2) is 220 Å². The van der Waals surface area contributed by atoms with Crippen molar-refractivity contribution in [3.63, 3.8) is 0 Å². The molecule has 18 aromatic rings. The molecule has 0 aliphatic heterocycles. The molecule has 0 aliphatic carbocycles. The minimum Gasteiger partial charge on any atom is -0.507 e. The smallest absolute Gasteiger partial charge is 0.125 e. The average Bonchev–Trinajstić information content (AvgIpc) is 1.61. The predicted molar refractivity (Wildman–Crippen MR) is 567 cm³/mol. The van der Waals surface area contributed by atoms with Gasteiger partial charge in [-0.05, 0) is 343 Å². The lowest BCUT2D eigenvalue weighted by Gasteiger charge is -2.08. The zero-order chi connectivity index (χ0) is 134. The van der Waals surface area contributed by atoms with E-state index in [4.69, 9.17) is 57.6 Å². The lowest BCUT2D eigenvalue weighted by molar-refractivity contribution is 0.414. The highest BCUT2D eigenvalue weighted by Gasteiger charge is 2.17. The highest BCUT2D eigenvalue weighted by molar-refractivity contribution is 5.95. The molecular formula is C109H148N18O9. The molecule has 136 heavy (non-hydrogen) atoms. The van der Waals surface area contributed by atoms with Crippen molar-refractivity contribution >= 4 is 98.1 Å². The Hall–Kier alpha value is -13.3. The first-order chi connectivity index (χ1) is 81.4. The molecule has 0 aliphatic rings. The monoisotopic (exact) mass is 1900 g/mol. The van der Waals surface area contributed by atoms with Crippen molar-refractivity contribution in [2.75, 3.05) is 185 Å². The summed E-state index contributed by atoms with van der Waals surface area (Å²) < 4.78 is 324. The maximum absolute atomic E-state index is 9.91. The molecule has 27 heteroatoms. The van der Waals surface area contributed by atoms with E-state index in [1.165, 1.54) is 130 Å². The number of aromatic amines is 9. The van der Waals surface area contributed by atoms with E-state index in [0.29, 0.717) is 129 Å². The van der Waals surface area contributed by atoms with Gasteiger partial charge in [0.1, 0.15) is 51.7 Å². The Morgan fingerprint density at radius 3 is 0.537 bits per heavy atom. The van der Waals surface area contributed by atoms with Crippen LogP contribution in [0, 0.1) is 0 Å². The molecule has 18 N–H and O–H groups in total. The van der Waals surface area contributed by atoms with Crippen LogP contribution in [0.2, 0.25) is 0 Å². The average molecular weight is 1900 g/mol. The lowest BCUT2D eigenvalue weighted by atomic mass is 10.1. The molecule has 0 spiro atoms. The van der Waals surface area contributed by atoms with E-state index >= 15 is 0 Å². The van der Waals surface area contributed by atoms with Gasteiger partial charge in [-0.2, -0.15) is 0 Å². The van der Waals surface area contributed by atoms with Gasteiger partial charge >= 0.3 is 0 Å². The SMILES string of the molecule is C.[2H]C(N(C)C([2H])([2H])[2H])C([2H])([2H])c1c[nH]c2cccc(O)c12.[2H]C(N(C)C([2H])([2H])[2H])C([2H])([2H])c1c[nH]c2cccc(O)c12.[2H]C(N(C)C)C([2H])([2H])c1c[nH]c2cccc(O)c12.[2H]C(c1c[nH]c2cccc(O)c12)C([2H])([2H])N(C)C.[2H]C(c1c[nH]c2cccc(O)c12)C([2H])([2H])N(C)C([2H])([2H])[2H].[2H]C(c1c[nH]c2cccc(O)c12)C([2H])([2H])N(C)C([2H])([2H])[2H].[2H]C(c1c[nH]c2cccc(O)c12)C([2H])N(C)C.[2H]C(c1c[nH]c2cccc(O)c12)C([2H])N(C)C([2H])([2H])[2H].[2H]C(c1c[nH]c2cccc(O)c12)C([2H])N(C)C([2H])([2H])[2H]. The van der Waals surface area contributed by atoms with Crippen LogP contribution in [0.5, 0.6) is 51.7 Å². The van der Waals surface area contributed by atoms with Crippen molar-refractivity contribution in [1.29, 1.82) is 0 Å². The molecule has 12 atom stereocenters. The van der Waals surface area contributed by atoms with Gasteiger partial charge in [-0.3, -0.25) is 0 Å². The fourth-order valence-corrected chi connectivity index (χ4v) is 13.4. The van der Waals surface area contributed by atoms with Crippen molar-refractivity contribution in [2.45, 2.75) is 64.9 Å². The van der Waals surface area contributed by atoms with Gasteiger partial charge in [-0.25, -0.2) is 0 Å². The van der Waals surface area contributed by atoms with Crippen LogP contribution < -0.4 is 0 Å². The van der Waals surface area contributed by atoms with E-state index in [1.54, 1.807) is 169 Å². The molecular weight excluding hydrogens is 1710 g/mol. The second kappa shape index (κ2) is 52.0. The molecule has 12 unspecified atom stereocenters. The number of hydrogen-bond acceptors (Lipinski definition) is 18. The quantitative estimate of drug-likeness (QED) is 0.0227. The molecule has 18 rings (SSSR count). The van der Waals surface area contributed by atoms with Gasteiger partial charge in [0, 0.05) is 270 Å². The van der Waals surface area contributed by atoms with E-state index in [0.717, 1.165) is 29.4 Å². The summed E-state index contributed by atoms with van der Waals surface area (Å²) in [4.78, 5) is 34.8. The molecule has 0 fully saturated rings. The third kappa shape index (κ3) is 30.3. The van der Waals surface area contributed by atoms with Gasteiger partial charge in [-0.1, -0.05) is 62.0 Å². The predicted octanol–water partition coefficient (Wildman–Crippen LogP) is 18.4. The number of nitrogens with zero attached hydrogens (tertiary/aromatic N) is 9. The topological polar surface area (TPSA) is 353 Å². The second-order valence-electron chi connectivity index (χ2n) is 30.8. The largest absolute Gasteiger partial charge is 0.507 e. The fourth-order valence-electron chi connectivity index (χ4n) is 13.4. The molecule has 0 saturated heterocycles. The summed E-state index contributed by atoms with van der Waals surface area (Å²) in [6.07, 6.45) is 0.00129. The molecule has 27 nitrogen and oxygen atoms in total. The summed E-state index contributed by atoms with van der Waals surface area (Å²) in [5.74, 6) is -0.107. The number of phenolic OH excluding ortho intramolecular Hbond substituents is 9. The Bertz CT molecular complexity index is 8220. The number of H-pyrrole nitrogens is 9. The van der Waals surface area contributed by atoms with Crippen molar-refractivity contribution in [2.24, 2.45) is 0 Å². The zero-order valence-electron chi connectivity index (χ0n) is 118. The summed E-state index contributed by atoms with van der Waals surface area (Å²) in [5, 5.41) is 92.7. The lowest BCUT2D eigenvalue weighted by Crippen LogP contribution is -2.14. The maximum Gasteiger partial charge on any atom is 0.125 e. The number of aryl methyl sites for hydroxylation is 9. The summed E-state index contributed by atoms with van der Waals surface area (Å²) in [5.41, 5.74) is 8.45. The second-order valence-corrected chi connectivity index (χ2v) is 30.8. The molecule has 9 heterocycles. The van der Waals surface area contributed by atoms with Crippen molar-refractivity contribution in [3.8, 4) is 51.7 Å². The normalized spacial score (nSPS) is 19.8. The maximum atomic E-state index is 9.91. The van der Waals surface area contributed by atoms with Crippen LogP contribution in [-0.4, -0.2) is 320 Å². The third-order valence-electron chi connectivity index (χ3n) is 19.5. The Morgan fingerprint density at radius 2 is 0.353 bits per heavy atom. The molecule has 9 aromatic carbocycles. The number of likely N-dealkylation sites (N-methyl/N-ethyl adjacent to an activating group) is 9. The van der Waals surface area contributed by atoms with Gasteiger partial charge in [0.2, 0.25) is 0 Å². The Morgan fingerprint density at radius 1 is 0.199 bits per heavy atom. The molecule has 0 amide bonds. The fraction of sp³-hybridized carbons (Fsp3) is 0.339. The summed E-state index contributed by atoms with van der Waals surface area (Å²) in [7, 11) is 17.2. The van der Waals surface area contributed by atoms with Gasteiger partial charge in [-0.15, -0.1) is 0 Å². The number of phenols is 9. The van der Waals surface area contributed by atoms with Crippen LogP contribution in [0.4, 0.5) is 0 Å². The number of aromatic nitrogens is 9. The third-order valence-corrected chi connectivity index (χ3v) is 19.5. The van der Waals surface area contributed by atoms with Crippen LogP contribution in [0.25, 0.3) is 98.1 Å². The van der Waals surface area contributed by atoms with Crippen LogP contribution in [0.1, 0.15) is 115 Å². The van der Waals surface area contributed by atoms with E-state index in [-0.39, 0.29) is 92.2 Å². The minimum absolute atomic E-state index is 0. The number of nitrogens with one attached hydrogen (secondary N) is 9. The van der Waals surface area contributed by atoms with E-state index in [2.05, 4.69) is 44.9 Å². The van der Waals surface area contributed by atoms with Crippen LogP contribution >= 0.6 is 0 Å². The molecule has 0 bridgehead atoms. The van der Waals surface area contributed by atoms with Crippen molar-refractivity contribution < 1.29 is 104 Å². The summed E-state index contributed by atoms with van der Waals surface area (Å²) in [6, 6.07) is 43.9. The molecule has 728 valence electrons. The number of hydrogen-bond donors (Lipinski definition) is 18. The number of fused-ring (bicyclic) bond motifs is 9. The Balaban J connectivity index is 0.000000219. The number of aromatic hydroxyl groups is 9. The zero-order valence-corrected chi connectivity index (χ0v) is 76.3. The van der Waals surface area contributed by atoms with Gasteiger partial charge < -0.3 is 135 Å². The first-order valence-electron chi connectivity index (χ1n) is 63.5. The molecule has 9 aromatic heterocycles. The van der Waals surface area contributed by atoms with Crippen molar-refractivity contribution in [3.05, 3.63) is 270 Å². The van der Waals surface area contributed by atoms with Gasteiger partial charge in [0.05, 0.1) is 0 Å². The first-order valence-corrected chi connectivity index (χ1v) is 41.5. The first kappa shape index (κ1) is 60.9. The number of benzene rings is 9. The highest BCUT2D eigenvalue weighted by atomic mass is 16.3. The summed E-state index contributed by atoms with van der Waals surface area (Å²) >= 11 is 0.